The molecule has 0 aliphatic rings. The van der Waals surface area contributed by atoms with Crippen molar-refractivity contribution in [3.63, 3.8) is 0 Å². The fourth-order valence-electron chi connectivity index (χ4n) is 1.09. The zero-order valence-corrected chi connectivity index (χ0v) is 9.19. The Balaban J connectivity index is 3.06. The van der Waals surface area contributed by atoms with E-state index >= 15 is 0 Å². The Labute approximate surface area is 90.0 Å². The summed E-state index contributed by atoms with van der Waals surface area (Å²) in [4.78, 5) is 4.25. The van der Waals surface area contributed by atoms with Crippen molar-refractivity contribution in [3.8, 4) is 6.07 Å². The summed E-state index contributed by atoms with van der Waals surface area (Å²) >= 11 is 0. The lowest BCUT2D eigenvalue weighted by Crippen LogP contribution is -2.18. The third-order valence-corrected chi connectivity index (χ3v) is 1.87. The highest BCUT2D eigenvalue weighted by molar-refractivity contribution is 5.94. The molecule has 1 aromatic carbocycles. The fraction of sp³-hybridized carbons (Fsp3) is 0.333. The summed E-state index contributed by atoms with van der Waals surface area (Å²) in [6.45, 7) is 3.49. The van der Waals surface area contributed by atoms with Crippen LogP contribution in [0.15, 0.2) is 35.3 Å². The molecule has 0 bridgehead atoms. The Morgan fingerprint density at radius 2 is 1.93 bits per heavy atom. The molecular weight excluding hydrogens is 188 g/mol. The van der Waals surface area contributed by atoms with E-state index in [4.69, 9.17) is 10.00 Å². The van der Waals surface area contributed by atoms with Crippen LogP contribution in [0.1, 0.15) is 19.4 Å². The molecule has 3 nitrogen and oxygen atoms in total. The molecule has 3 heteroatoms. The highest BCUT2D eigenvalue weighted by Gasteiger charge is 2.17. The van der Waals surface area contributed by atoms with Crippen molar-refractivity contribution in [1.82, 2.24) is 0 Å². The summed E-state index contributed by atoms with van der Waals surface area (Å²) < 4.78 is 5.17. The molecule has 78 valence electrons. The van der Waals surface area contributed by atoms with Crippen LogP contribution in [0.4, 0.5) is 0 Å². The second-order valence-electron chi connectivity index (χ2n) is 3.66. The number of hydrogen-bond acceptors (Lipinski definition) is 3. The Morgan fingerprint density at radius 3 is 2.40 bits per heavy atom. The minimum absolute atomic E-state index is 0.488. The number of ether oxygens (including phenoxy) is 1. The number of hydrogen-bond donors (Lipinski definition) is 0. The molecule has 0 atom stereocenters. The van der Waals surface area contributed by atoms with Gasteiger partial charge in [-0.3, -0.25) is 0 Å². The van der Waals surface area contributed by atoms with Crippen LogP contribution in [0, 0.1) is 11.3 Å². The highest BCUT2D eigenvalue weighted by atomic mass is 16.5. The molecule has 0 spiro atoms. The minimum atomic E-state index is -0.763. The number of nitriles is 1. The first kappa shape index (κ1) is 11.3. The molecule has 0 aromatic heterocycles. The van der Waals surface area contributed by atoms with Crippen molar-refractivity contribution in [1.29, 1.82) is 5.26 Å². The van der Waals surface area contributed by atoms with Crippen LogP contribution in [-0.4, -0.2) is 18.5 Å². The van der Waals surface area contributed by atoms with Gasteiger partial charge >= 0.3 is 0 Å². The lowest BCUT2D eigenvalue weighted by Gasteiger charge is -2.12. The van der Waals surface area contributed by atoms with Crippen molar-refractivity contribution in [2.45, 2.75) is 19.4 Å². The van der Waals surface area contributed by atoms with Crippen molar-refractivity contribution >= 4 is 5.90 Å². The van der Waals surface area contributed by atoms with Gasteiger partial charge in [-0.2, -0.15) is 5.26 Å². The van der Waals surface area contributed by atoms with E-state index in [-0.39, 0.29) is 0 Å². The van der Waals surface area contributed by atoms with Gasteiger partial charge in [0.15, 0.2) is 0 Å². The molecule has 1 aromatic rings. The van der Waals surface area contributed by atoms with E-state index < -0.39 is 5.54 Å². The first-order chi connectivity index (χ1) is 7.09. The molecule has 0 saturated heterocycles. The van der Waals surface area contributed by atoms with Crippen molar-refractivity contribution in [3.05, 3.63) is 35.9 Å². The molecule has 1 rings (SSSR count). The number of methoxy groups -OCH3 is 1. The van der Waals surface area contributed by atoms with Gasteiger partial charge in [-0.05, 0) is 26.0 Å². The smallest absolute Gasteiger partial charge is 0.217 e. The molecular formula is C12H14N2O. The highest BCUT2D eigenvalue weighted by Crippen LogP contribution is 2.11. The maximum absolute atomic E-state index is 8.87. The third kappa shape index (κ3) is 3.10. The van der Waals surface area contributed by atoms with Crippen LogP contribution < -0.4 is 0 Å². The molecule has 0 aliphatic carbocycles. The maximum Gasteiger partial charge on any atom is 0.217 e. The molecule has 0 amide bonds. The van der Waals surface area contributed by atoms with Gasteiger partial charge in [-0.15, -0.1) is 0 Å². The van der Waals surface area contributed by atoms with Gasteiger partial charge < -0.3 is 4.74 Å². The predicted octanol–water partition coefficient (Wildman–Crippen LogP) is 2.38. The lowest BCUT2D eigenvalue weighted by molar-refractivity contribution is 0.396. The minimum Gasteiger partial charge on any atom is -0.481 e. The number of aliphatic imine (C=N–C) groups is 1. The van der Waals surface area contributed by atoms with E-state index in [1.165, 1.54) is 0 Å². The van der Waals surface area contributed by atoms with Crippen LogP contribution in [0.3, 0.4) is 0 Å². The zero-order valence-electron chi connectivity index (χ0n) is 9.19. The largest absolute Gasteiger partial charge is 0.481 e. The van der Waals surface area contributed by atoms with Gasteiger partial charge in [0.25, 0.3) is 0 Å². The van der Waals surface area contributed by atoms with E-state index in [1.807, 2.05) is 30.3 Å². The monoisotopic (exact) mass is 202 g/mol. The summed E-state index contributed by atoms with van der Waals surface area (Å²) in [6, 6.07) is 11.6. The Hall–Kier alpha value is -1.82. The summed E-state index contributed by atoms with van der Waals surface area (Å²) in [5.74, 6) is 0.488. The van der Waals surface area contributed by atoms with Crippen LogP contribution in [0.2, 0.25) is 0 Å². The Kier molecular flexibility index (Phi) is 3.46. The standard InChI is InChI=1S/C12H14N2O/c1-12(2,9-13)14-11(15-3)10-7-5-4-6-8-10/h4-8H,1-3H3. The number of rotatable bonds is 2. The molecule has 0 fully saturated rings. The fourth-order valence-corrected chi connectivity index (χ4v) is 1.09. The van der Waals surface area contributed by atoms with Crippen molar-refractivity contribution in [2.75, 3.05) is 7.11 Å². The van der Waals surface area contributed by atoms with Crippen LogP contribution in [0.25, 0.3) is 0 Å². The van der Waals surface area contributed by atoms with Crippen LogP contribution in [0.5, 0.6) is 0 Å². The molecule has 0 radical (unpaired) electrons. The topological polar surface area (TPSA) is 45.4 Å². The molecule has 15 heavy (non-hydrogen) atoms. The van der Waals surface area contributed by atoms with Gasteiger partial charge in [0.05, 0.1) is 13.2 Å². The summed E-state index contributed by atoms with van der Waals surface area (Å²) in [6.07, 6.45) is 0. The van der Waals surface area contributed by atoms with Gasteiger partial charge in [0.2, 0.25) is 5.90 Å². The molecule has 0 N–H and O–H groups in total. The van der Waals surface area contributed by atoms with Gasteiger partial charge in [-0.25, -0.2) is 4.99 Å². The number of nitrogens with zero attached hydrogens (tertiary/aromatic N) is 2. The molecule has 0 heterocycles. The van der Waals surface area contributed by atoms with E-state index in [0.29, 0.717) is 5.90 Å². The predicted molar refractivity (Wildman–Crippen MR) is 59.7 cm³/mol. The lowest BCUT2D eigenvalue weighted by atomic mass is 10.1. The van der Waals surface area contributed by atoms with Crippen LogP contribution in [-0.2, 0) is 4.74 Å². The van der Waals surface area contributed by atoms with Crippen molar-refractivity contribution < 1.29 is 4.74 Å². The van der Waals surface area contributed by atoms with E-state index in [2.05, 4.69) is 11.1 Å². The number of benzene rings is 1. The second-order valence-corrected chi connectivity index (χ2v) is 3.66. The SMILES string of the molecule is COC(=NC(C)(C)C#N)c1ccccc1. The summed E-state index contributed by atoms with van der Waals surface area (Å²) in [7, 11) is 1.55. The second kappa shape index (κ2) is 4.61. The normalized spacial score (nSPS) is 12.0. The van der Waals surface area contributed by atoms with E-state index in [0.717, 1.165) is 5.56 Å². The van der Waals surface area contributed by atoms with Gasteiger partial charge in [0.1, 0.15) is 5.54 Å². The molecule has 0 unspecified atom stereocenters. The van der Waals surface area contributed by atoms with E-state index in [9.17, 15) is 0 Å². The third-order valence-electron chi connectivity index (χ3n) is 1.87. The zero-order chi connectivity index (χ0) is 11.3. The Bertz CT molecular complexity index is 388. The first-order valence-electron chi connectivity index (χ1n) is 4.69. The van der Waals surface area contributed by atoms with Crippen LogP contribution >= 0.6 is 0 Å². The molecule has 0 aliphatic heterocycles. The summed E-state index contributed by atoms with van der Waals surface area (Å²) in [5, 5.41) is 8.87. The average molecular weight is 202 g/mol. The average Bonchev–Trinajstić information content (AvgIpc) is 2.27. The van der Waals surface area contributed by atoms with Gasteiger partial charge in [-0.1, -0.05) is 18.2 Å². The quantitative estimate of drug-likeness (QED) is 0.546. The first-order valence-corrected chi connectivity index (χ1v) is 4.69. The molecule has 0 saturated carbocycles. The maximum atomic E-state index is 8.87. The van der Waals surface area contributed by atoms with E-state index in [1.54, 1.807) is 21.0 Å². The van der Waals surface area contributed by atoms with Crippen molar-refractivity contribution in [2.24, 2.45) is 4.99 Å². The van der Waals surface area contributed by atoms with Gasteiger partial charge in [0, 0.05) is 5.56 Å². The summed E-state index contributed by atoms with van der Waals surface area (Å²) in [5.41, 5.74) is 0.115. The Morgan fingerprint density at radius 1 is 1.33 bits per heavy atom.